The first kappa shape index (κ1) is 16.9. The van der Waals surface area contributed by atoms with Crippen molar-refractivity contribution in [1.82, 2.24) is 5.32 Å². The average molecular weight is 310 g/mol. The Balaban J connectivity index is 1.87. The highest BCUT2D eigenvalue weighted by atomic mass is 16.2. The van der Waals surface area contributed by atoms with Gasteiger partial charge in [-0.05, 0) is 24.1 Å². The maximum Gasteiger partial charge on any atom is 0.220 e. The Hall–Kier alpha value is -2.46. The van der Waals surface area contributed by atoms with Gasteiger partial charge in [0, 0.05) is 24.9 Å². The minimum absolute atomic E-state index is 0.0152. The first-order valence-corrected chi connectivity index (χ1v) is 7.86. The van der Waals surface area contributed by atoms with Crippen LogP contribution in [0, 0.1) is 0 Å². The van der Waals surface area contributed by atoms with E-state index in [-0.39, 0.29) is 24.5 Å². The molecule has 0 atom stereocenters. The molecule has 120 valence electrons. The number of hydrogen-bond acceptors (Lipinski definition) is 3. The predicted octanol–water partition coefficient (Wildman–Crippen LogP) is 2.78. The maximum absolute atomic E-state index is 12.1. The molecular weight excluding hydrogens is 288 g/mol. The molecule has 3 N–H and O–H groups in total. The normalized spacial score (nSPS) is 10.3. The molecule has 0 bridgehead atoms. The van der Waals surface area contributed by atoms with Crippen LogP contribution in [0.15, 0.2) is 54.6 Å². The van der Waals surface area contributed by atoms with Gasteiger partial charge in [-0.2, -0.15) is 0 Å². The molecule has 0 fully saturated rings. The highest BCUT2D eigenvalue weighted by molar-refractivity contribution is 5.98. The molecule has 0 aliphatic carbocycles. The zero-order valence-electron chi connectivity index (χ0n) is 13.1. The van der Waals surface area contributed by atoms with Crippen LogP contribution in [-0.4, -0.2) is 24.8 Å². The summed E-state index contributed by atoms with van der Waals surface area (Å²) in [5.41, 5.74) is 8.19. The van der Waals surface area contributed by atoms with Gasteiger partial charge in [-0.25, -0.2) is 0 Å². The first-order chi connectivity index (χ1) is 11.2. The smallest absolute Gasteiger partial charge is 0.220 e. The van der Waals surface area contributed by atoms with E-state index in [1.165, 1.54) is 0 Å². The van der Waals surface area contributed by atoms with Gasteiger partial charge in [-0.15, -0.1) is 0 Å². The van der Waals surface area contributed by atoms with Crippen LogP contribution in [0.25, 0.3) is 11.1 Å². The second-order valence-corrected chi connectivity index (χ2v) is 5.36. The van der Waals surface area contributed by atoms with E-state index in [9.17, 15) is 9.59 Å². The number of benzene rings is 2. The minimum atomic E-state index is -0.104. The zero-order chi connectivity index (χ0) is 16.5. The molecule has 0 saturated carbocycles. The monoisotopic (exact) mass is 310 g/mol. The number of amides is 1. The van der Waals surface area contributed by atoms with Crippen molar-refractivity contribution in [3.05, 3.63) is 60.2 Å². The topological polar surface area (TPSA) is 72.2 Å². The second-order valence-electron chi connectivity index (χ2n) is 5.36. The van der Waals surface area contributed by atoms with Crippen LogP contribution >= 0.6 is 0 Å². The molecule has 0 spiro atoms. The van der Waals surface area contributed by atoms with Crippen LogP contribution in [0.4, 0.5) is 0 Å². The van der Waals surface area contributed by atoms with E-state index in [4.69, 9.17) is 5.73 Å². The lowest BCUT2D eigenvalue weighted by atomic mass is 10.0. The van der Waals surface area contributed by atoms with Gasteiger partial charge in [-0.3, -0.25) is 9.59 Å². The van der Waals surface area contributed by atoms with Gasteiger partial charge in [0.05, 0.1) is 0 Å². The van der Waals surface area contributed by atoms with Crippen molar-refractivity contribution in [3.8, 4) is 11.1 Å². The van der Waals surface area contributed by atoms with Crippen LogP contribution in [0.3, 0.4) is 0 Å². The molecule has 4 nitrogen and oxygen atoms in total. The summed E-state index contributed by atoms with van der Waals surface area (Å²) in [6.45, 7) is 1.11. The number of carbonyl (C=O) groups excluding carboxylic acids is 2. The summed E-state index contributed by atoms with van der Waals surface area (Å²) in [6.07, 6.45) is 1.18. The van der Waals surface area contributed by atoms with E-state index < -0.39 is 0 Å². The molecule has 0 heterocycles. The van der Waals surface area contributed by atoms with Gasteiger partial charge in [-0.1, -0.05) is 54.6 Å². The average Bonchev–Trinajstić information content (AvgIpc) is 2.61. The fraction of sp³-hybridized carbons (Fsp3) is 0.263. The summed E-state index contributed by atoms with van der Waals surface area (Å²) < 4.78 is 0. The Morgan fingerprint density at radius 2 is 1.52 bits per heavy atom. The van der Waals surface area contributed by atoms with E-state index >= 15 is 0 Å². The Bertz CT molecular complexity index is 636. The summed E-state index contributed by atoms with van der Waals surface area (Å²) in [5, 5.41) is 2.75. The minimum Gasteiger partial charge on any atom is -0.356 e. The van der Waals surface area contributed by atoms with Crippen molar-refractivity contribution in [1.29, 1.82) is 0 Å². The third kappa shape index (κ3) is 5.34. The van der Waals surface area contributed by atoms with Crippen molar-refractivity contribution in [2.24, 2.45) is 5.73 Å². The van der Waals surface area contributed by atoms with Crippen LogP contribution in [0.2, 0.25) is 0 Å². The van der Waals surface area contributed by atoms with Gasteiger partial charge in [0.25, 0.3) is 0 Å². The molecule has 23 heavy (non-hydrogen) atoms. The Morgan fingerprint density at radius 3 is 2.17 bits per heavy atom. The number of rotatable bonds is 8. The molecule has 2 aromatic carbocycles. The van der Waals surface area contributed by atoms with Crippen molar-refractivity contribution >= 4 is 11.7 Å². The lowest BCUT2D eigenvalue weighted by Crippen LogP contribution is -2.26. The van der Waals surface area contributed by atoms with E-state index in [0.29, 0.717) is 18.7 Å². The summed E-state index contributed by atoms with van der Waals surface area (Å²) in [4.78, 5) is 23.7. The van der Waals surface area contributed by atoms with Crippen LogP contribution in [0.5, 0.6) is 0 Å². The highest BCUT2D eigenvalue weighted by Crippen LogP contribution is 2.19. The number of carbonyl (C=O) groups is 2. The Labute approximate surface area is 136 Å². The van der Waals surface area contributed by atoms with E-state index in [1.807, 2.05) is 54.6 Å². The van der Waals surface area contributed by atoms with Gasteiger partial charge >= 0.3 is 0 Å². The molecule has 0 saturated heterocycles. The molecule has 0 aromatic heterocycles. The second kappa shape index (κ2) is 8.86. The molecule has 0 aliphatic rings. The number of hydrogen-bond donors (Lipinski definition) is 2. The largest absolute Gasteiger partial charge is 0.356 e. The fourth-order valence-corrected chi connectivity index (χ4v) is 2.27. The zero-order valence-corrected chi connectivity index (χ0v) is 13.1. The van der Waals surface area contributed by atoms with Crippen molar-refractivity contribution in [2.75, 3.05) is 13.1 Å². The highest BCUT2D eigenvalue weighted by Gasteiger charge is 2.09. The number of ketones is 1. The number of Topliss-reactive ketones (excluding diaryl/α,β-unsaturated/α-hetero) is 1. The van der Waals surface area contributed by atoms with E-state index in [1.54, 1.807) is 0 Å². The lowest BCUT2D eigenvalue weighted by molar-refractivity contribution is -0.121. The van der Waals surface area contributed by atoms with Gasteiger partial charge in [0.2, 0.25) is 5.91 Å². The fourth-order valence-electron chi connectivity index (χ4n) is 2.27. The SMILES string of the molecule is NCCCNC(=O)CCC(=O)c1ccc(-c2ccccc2)cc1. The molecular formula is C19H22N2O2. The van der Waals surface area contributed by atoms with Crippen molar-refractivity contribution in [2.45, 2.75) is 19.3 Å². The third-order valence-electron chi connectivity index (χ3n) is 3.60. The molecule has 0 radical (unpaired) electrons. The van der Waals surface area contributed by atoms with Crippen LogP contribution < -0.4 is 11.1 Å². The van der Waals surface area contributed by atoms with Gasteiger partial charge in [0.1, 0.15) is 0 Å². The Morgan fingerprint density at radius 1 is 0.870 bits per heavy atom. The summed E-state index contributed by atoms with van der Waals surface area (Å²) in [5.74, 6) is -0.119. The predicted molar refractivity (Wildman–Crippen MR) is 92.1 cm³/mol. The summed E-state index contributed by atoms with van der Waals surface area (Å²) in [7, 11) is 0. The Kier molecular flexibility index (Phi) is 6.51. The first-order valence-electron chi connectivity index (χ1n) is 7.86. The molecule has 0 aliphatic heterocycles. The number of nitrogens with one attached hydrogen (secondary N) is 1. The van der Waals surface area contributed by atoms with E-state index in [0.717, 1.165) is 17.5 Å². The molecule has 4 heteroatoms. The van der Waals surface area contributed by atoms with Crippen molar-refractivity contribution in [3.63, 3.8) is 0 Å². The quantitative estimate of drug-likeness (QED) is 0.582. The number of nitrogens with two attached hydrogens (primary N) is 1. The molecule has 2 rings (SSSR count). The van der Waals surface area contributed by atoms with Crippen LogP contribution in [-0.2, 0) is 4.79 Å². The third-order valence-corrected chi connectivity index (χ3v) is 3.60. The van der Waals surface area contributed by atoms with Gasteiger partial charge in [0.15, 0.2) is 5.78 Å². The standard InChI is InChI=1S/C19H22N2O2/c20-13-4-14-21-19(23)12-11-18(22)17-9-7-16(8-10-17)15-5-2-1-3-6-15/h1-3,5-10H,4,11-14,20H2,(H,21,23). The molecule has 1 amide bonds. The maximum atomic E-state index is 12.1. The molecule has 0 unspecified atom stereocenters. The summed E-state index contributed by atoms with van der Waals surface area (Å²) >= 11 is 0. The van der Waals surface area contributed by atoms with Crippen LogP contribution in [0.1, 0.15) is 29.6 Å². The van der Waals surface area contributed by atoms with Gasteiger partial charge < -0.3 is 11.1 Å². The lowest BCUT2D eigenvalue weighted by Gasteiger charge is -2.05. The van der Waals surface area contributed by atoms with E-state index in [2.05, 4.69) is 5.32 Å². The molecule has 2 aromatic rings. The van der Waals surface area contributed by atoms with Crippen molar-refractivity contribution < 1.29 is 9.59 Å². The summed E-state index contributed by atoms with van der Waals surface area (Å²) in [6, 6.07) is 17.5.